The minimum atomic E-state index is 0.514. The van der Waals surface area contributed by atoms with Crippen LogP contribution in [-0.4, -0.2) is 17.7 Å². The first kappa shape index (κ1) is 11.5. The molecule has 2 N–H and O–H groups in total. The standard InChI is InChI=1S/C14H14ClN3/c15-12-6-4-11(5-7-12)14-13(10-16)18(17-14)8-2-1-3-9-18/h1-8H,9-10,16H2. The van der Waals surface area contributed by atoms with Crippen molar-refractivity contribution >= 4 is 17.3 Å². The van der Waals surface area contributed by atoms with E-state index in [0.29, 0.717) is 11.1 Å². The van der Waals surface area contributed by atoms with E-state index >= 15 is 0 Å². The fourth-order valence-electron chi connectivity index (χ4n) is 2.35. The number of allylic oxidation sites excluding steroid dienone is 2. The van der Waals surface area contributed by atoms with Crippen LogP contribution in [0.2, 0.25) is 5.02 Å². The Morgan fingerprint density at radius 2 is 2.00 bits per heavy atom. The highest BCUT2D eigenvalue weighted by molar-refractivity contribution is 6.30. The van der Waals surface area contributed by atoms with Crippen molar-refractivity contribution < 1.29 is 4.59 Å². The van der Waals surface area contributed by atoms with Gasteiger partial charge in [0.15, 0.2) is 0 Å². The first-order valence-electron chi connectivity index (χ1n) is 5.90. The first-order chi connectivity index (χ1) is 8.75. The number of quaternary nitrogens is 1. The fourth-order valence-corrected chi connectivity index (χ4v) is 2.48. The number of nitrogens with two attached hydrogens (primary N) is 1. The Hall–Kier alpha value is -1.55. The molecule has 0 saturated carbocycles. The molecular weight excluding hydrogens is 246 g/mol. The summed E-state index contributed by atoms with van der Waals surface area (Å²) in [6.45, 7) is 1.36. The number of nitrogens with zero attached hydrogens (tertiary/aromatic N) is 2. The van der Waals surface area contributed by atoms with E-state index in [4.69, 9.17) is 22.8 Å². The van der Waals surface area contributed by atoms with Crippen LogP contribution in [0.15, 0.2) is 54.4 Å². The van der Waals surface area contributed by atoms with E-state index in [1.165, 1.54) is 0 Å². The molecule has 3 rings (SSSR count). The second kappa shape index (κ2) is 4.28. The van der Waals surface area contributed by atoms with Gasteiger partial charge in [-0.3, -0.25) is 0 Å². The zero-order valence-electron chi connectivity index (χ0n) is 9.88. The molecule has 1 aromatic carbocycles. The van der Waals surface area contributed by atoms with Gasteiger partial charge in [0, 0.05) is 5.02 Å². The molecule has 1 atom stereocenters. The van der Waals surface area contributed by atoms with Crippen LogP contribution in [0.3, 0.4) is 0 Å². The summed E-state index contributed by atoms with van der Waals surface area (Å²) in [6.07, 6.45) is 8.23. The number of halogens is 1. The van der Waals surface area contributed by atoms with Crippen LogP contribution >= 0.6 is 11.6 Å². The van der Waals surface area contributed by atoms with E-state index in [0.717, 1.165) is 28.5 Å². The smallest absolute Gasteiger partial charge is 0.112 e. The van der Waals surface area contributed by atoms with E-state index in [-0.39, 0.29) is 0 Å². The van der Waals surface area contributed by atoms with Crippen molar-refractivity contribution in [3.63, 3.8) is 0 Å². The van der Waals surface area contributed by atoms with Crippen LogP contribution in [0, 0.1) is 0 Å². The third kappa shape index (κ3) is 1.68. The average molecular weight is 260 g/mol. The van der Waals surface area contributed by atoms with Gasteiger partial charge in [-0.1, -0.05) is 29.8 Å². The van der Waals surface area contributed by atoms with Gasteiger partial charge in [-0.2, -0.15) is 0 Å². The lowest BCUT2D eigenvalue weighted by molar-refractivity contribution is -0.807. The van der Waals surface area contributed by atoms with E-state index in [2.05, 4.69) is 12.3 Å². The van der Waals surface area contributed by atoms with Gasteiger partial charge in [0.2, 0.25) is 0 Å². The number of hydrogen-bond donors (Lipinski definition) is 1. The minimum Gasteiger partial charge on any atom is -0.471 e. The predicted molar refractivity (Wildman–Crippen MR) is 74.2 cm³/mol. The maximum absolute atomic E-state index is 5.89. The summed E-state index contributed by atoms with van der Waals surface area (Å²) in [5, 5.41) is 0.734. The van der Waals surface area contributed by atoms with Crippen LogP contribution in [0.25, 0.3) is 11.1 Å². The normalized spacial score (nSPS) is 25.2. The maximum atomic E-state index is 5.89. The summed E-state index contributed by atoms with van der Waals surface area (Å²) in [7, 11) is 0. The summed E-state index contributed by atoms with van der Waals surface area (Å²) >= 11 is 5.89. The van der Waals surface area contributed by atoms with Crippen molar-refractivity contribution in [2.24, 2.45) is 5.73 Å². The molecule has 0 bridgehead atoms. The van der Waals surface area contributed by atoms with Gasteiger partial charge in [-0.15, -0.1) is 0 Å². The molecule has 18 heavy (non-hydrogen) atoms. The van der Waals surface area contributed by atoms with Crippen LogP contribution in [0.1, 0.15) is 5.56 Å². The van der Waals surface area contributed by atoms with Gasteiger partial charge in [0.1, 0.15) is 12.2 Å². The molecule has 4 heteroatoms. The molecule has 1 aromatic rings. The van der Waals surface area contributed by atoms with Crippen LogP contribution in [0.4, 0.5) is 0 Å². The Kier molecular flexibility index (Phi) is 2.74. The van der Waals surface area contributed by atoms with Crippen LogP contribution in [-0.2, 0) is 0 Å². The summed E-state index contributed by atoms with van der Waals surface area (Å²) < 4.78 is 0.519. The summed E-state index contributed by atoms with van der Waals surface area (Å²) in [6, 6.07) is 7.72. The number of hydrogen-bond acceptors (Lipinski definition) is 1. The Morgan fingerprint density at radius 1 is 1.22 bits per heavy atom. The summed E-state index contributed by atoms with van der Waals surface area (Å²) in [4.78, 5) is 0. The number of benzene rings is 1. The van der Waals surface area contributed by atoms with E-state index in [1.807, 2.05) is 36.4 Å². The maximum Gasteiger partial charge on any atom is 0.112 e. The van der Waals surface area contributed by atoms with Crippen LogP contribution in [0.5, 0.6) is 0 Å². The first-order valence-corrected chi connectivity index (χ1v) is 6.28. The zero-order valence-corrected chi connectivity index (χ0v) is 10.6. The second-order valence-corrected chi connectivity index (χ2v) is 4.82. The minimum absolute atomic E-state index is 0.514. The molecule has 0 amide bonds. The third-order valence-electron chi connectivity index (χ3n) is 3.29. The Labute approximate surface area is 111 Å². The van der Waals surface area contributed by atoms with E-state index < -0.39 is 0 Å². The molecule has 92 valence electrons. The van der Waals surface area contributed by atoms with Gasteiger partial charge < -0.3 is 15.8 Å². The molecule has 0 saturated heterocycles. The predicted octanol–water partition coefficient (Wildman–Crippen LogP) is 3.17. The summed E-state index contributed by atoms with van der Waals surface area (Å²) in [5.41, 5.74) is 13.8. The van der Waals surface area contributed by atoms with Gasteiger partial charge in [0.05, 0.1) is 12.7 Å². The lowest BCUT2D eigenvalue weighted by Crippen LogP contribution is -2.48. The molecule has 1 spiro atoms. The van der Waals surface area contributed by atoms with Gasteiger partial charge in [-0.25, -0.2) is 0 Å². The van der Waals surface area contributed by atoms with Crippen LogP contribution < -0.4 is 5.73 Å². The van der Waals surface area contributed by atoms with Crippen molar-refractivity contribution in [3.8, 4) is 0 Å². The number of rotatable bonds is 2. The lowest BCUT2D eigenvalue weighted by atomic mass is 10.0. The monoisotopic (exact) mass is 259 g/mol. The topological polar surface area (TPSA) is 40.1 Å². The summed E-state index contributed by atoms with van der Waals surface area (Å²) in [5.74, 6) is 0. The quantitative estimate of drug-likeness (QED) is 0.815. The SMILES string of the molecule is NCC1=C(c2ccc(Cl)cc2)[N-][N+]12C=CC=CC2. The molecular formula is C14H14ClN3. The van der Waals surface area contributed by atoms with Crippen molar-refractivity contribution in [1.82, 2.24) is 0 Å². The van der Waals surface area contributed by atoms with Gasteiger partial charge in [-0.05, 0) is 35.5 Å². The Bertz CT molecular complexity index is 557. The highest BCUT2D eigenvalue weighted by atomic mass is 35.5. The molecule has 0 aliphatic carbocycles. The van der Waals surface area contributed by atoms with Crippen molar-refractivity contribution in [2.75, 3.05) is 13.1 Å². The van der Waals surface area contributed by atoms with E-state index in [9.17, 15) is 0 Å². The third-order valence-corrected chi connectivity index (χ3v) is 3.55. The molecule has 3 nitrogen and oxygen atoms in total. The highest BCUT2D eigenvalue weighted by Crippen LogP contribution is 2.47. The van der Waals surface area contributed by atoms with Crippen molar-refractivity contribution in [1.29, 1.82) is 0 Å². The second-order valence-electron chi connectivity index (χ2n) is 4.39. The van der Waals surface area contributed by atoms with E-state index in [1.54, 1.807) is 0 Å². The average Bonchev–Trinajstić information content (AvgIpc) is 2.39. The van der Waals surface area contributed by atoms with Crippen molar-refractivity contribution in [3.05, 3.63) is 70.4 Å². The molecule has 0 aromatic heterocycles. The van der Waals surface area contributed by atoms with Gasteiger partial charge >= 0.3 is 0 Å². The molecule has 2 heterocycles. The molecule has 2 aliphatic heterocycles. The molecule has 0 fully saturated rings. The van der Waals surface area contributed by atoms with Gasteiger partial charge in [0.25, 0.3) is 0 Å². The van der Waals surface area contributed by atoms with Crippen molar-refractivity contribution in [2.45, 2.75) is 0 Å². The molecule has 2 aliphatic rings. The highest BCUT2D eigenvalue weighted by Gasteiger charge is 2.33. The molecule has 0 radical (unpaired) electrons. The zero-order chi connectivity index (χ0) is 12.6. The fraction of sp³-hybridized carbons (Fsp3) is 0.143. The largest absolute Gasteiger partial charge is 0.471 e. The Balaban J connectivity index is 1.98. The lowest BCUT2D eigenvalue weighted by Gasteiger charge is -2.57. The molecule has 1 unspecified atom stereocenters. The Morgan fingerprint density at radius 3 is 2.61 bits per heavy atom.